The van der Waals surface area contributed by atoms with Crippen molar-refractivity contribution < 1.29 is 9.53 Å². The van der Waals surface area contributed by atoms with Crippen LogP contribution in [0.3, 0.4) is 0 Å². The Hall–Kier alpha value is -3.48. The lowest BCUT2D eigenvalue weighted by atomic mass is 10.1. The van der Waals surface area contributed by atoms with E-state index < -0.39 is 11.7 Å². The Labute approximate surface area is 168 Å². The summed E-state index contributed by atoms with van der Waals surface area (Å²) in [4.78, 5) is 17.3. The van der Waals surface area contributed by atoms with Crippen LogP contribution in [0.25, 0.3) is 22.3 Å². The zero-order valence-corrected chi connectivity index (χ0v) is 17.0. The molecule has 0 spiro atoms. The SMILES string of the molecule is Cc1c(-c2cn(Cc3ccccc3)nn2)c2cccnc2n1C(=O)OC(C)(C)C. The average molecular weight is 389 g/mol. The van der Waals surface area contributed by atoms with Crippen LogP contribution < -0.4 is 0 Å². The number of carbonyl (C=O) groups is 1. The molecule has 0 unspecified atom stereocenters. The van der Waals surface area contributed by atoms with Crippen molar-refractivity contribution in [2.75, 3.05) is 0 Å². The highest BCUT2D eigenvalue weighted by molar-refractivity contribution is 6.00. The van der Waals surface area contributed by atoms with E-state index in [9.17, 15) is 4.79 Å². The molecule has 7 heteroatoms. The minimum atomic E-state index is -0.603. The summed E-state index contributed by atoms with van der Waals surface area (Å²) < 4.78 is 8.88. The fraction of sp³-hybridized carbons (Fsp3) is 0.273. The number of pyridine rings is 1. The van der Waals surface area contributed by atoms with Gasteiger partial charge in [-0.05, 0) is 45.4 Å². The molecule has 4 rings (SSSR count). The Morgan fingerprint density at radius 1 is 1.10 bits per heavy atom. The van der Waals surface area contributed by atoms with Crippen molar-refractivity contribution in [3.63, 3.8) is 0 Å². The van der Waals surface area contributed by atoms with Gasteiger partial charge in [-0.3, -0.25) is 0 Å². The lowest BCUT2D eigenvalue weighted by Gasteiger charge is -2.20. The molecule has 0 amide bonds. The van der Waals surface area contributed by atoms with Crippen molar-refractivity contribution in [3.05, 3.63) is 66.1 Å². The maximum Gasteiger partial charge on any atom is 0.420 e. The lowest BCUT2D eigenvalue weighted by Crippen LogP contribution is -2.27. The lowest BCUT2D eigenvalue weighted by molar-refractivity contribution is 0.0541. The van der Waals surface area contributed by atoms with Gasteiger partial charge >= 0.3 is 6.09 Å². The van der Waals surface area contributed by atoms with Gasteiger partial charge in [-0.1, -0.05) is 35.5 Å². The number of fused-ring (bicyclic) bond motifs is 1. The Morgan fingerprint density at radius 3 is 2.59 bits per heavy atom. The van der Waals surface area contributed by atoms with Crippen LogP contribution in [-0.2, 0) is 11.3 Å². The van der Waals surface area contributed by atoms with Crippen molar-refractivity contribution >= 4 is 17.1 Å². The fourth-order valence-corrected chi connectivity index (χ4v) is 3.35. The predicted molar refractivity (Wildman–Crippen MR) is 111 cm³/mol. The van der Waals surface area contributed by atoms with Gasteiger partial charge < -0.3 is 4.74 Å². The molecule has 0 N–H and O–H groups in total. The number of hydrogen-bond donors (Lipinski definition) is 0. The van der Waals surface area contributed by atoms with E-state index in [0.717, 1.165) is 22.2 Å². The van der Waals surface area contributed by atoms with Crippen molar-refractivity contribution in [2.45, 2.75) is 39.8 Å². The van der Waals surface area contributed by atoms with Crippen LogP contribution in [0.2, 0.25) is 0 Å². The van der Waals surface area contributed by atoms with E-state index in [1.807, 2.05) is 76.4 Å². The number of carbonyl (C=O) groups excluding carboxylic acids is 1. The van der Waals surface area contributed by atoms with E-state index in [2.05, 4.69) is 15.3 Å². The van der Waals surface area contributed by atoms with Crippen LogP contribution in [-0.4, -0.2) is 36.2 Å². The van der Waals surface area contributed by atoms with Crippen molar-refractivity contribution in [1.82, 2.24) is 24.5 Å². The zero-order valence-electron chi connectivity index (χ0n) is 17.0. The Morgan fingerprint density at radius 2 is 1.86 bits per heavy atom. The molecule has 0 aliphatic carbocycles. The second-order valence-electron chi connectivity index (χ2n) is 7.94. The van der Waals surface area contributed by atoms with Gasteiger partial charge in [0.25, 0.3) is 0 Å². The molecule has 0 saturated carbocycles. The summed E-state index contributed by atoms with van der Waals surface area (Å²) in [6.07, 6.45) is 3.10. The second-order valence-corrected chi connectivity index (χ2v) is 7.94. The molecule has 0 fully saturated rings. The van der Waals surface area contributed by atoms with Crippen molar-refractivity contribution in [3.8, 4) is 11.3 Å². The summed E-state index contributed by atoms with van der Waals surface area (Å²) in [6, 6.07) is 13.9. The van der Waals surface area contributed by atoms with E-state index in [4.69, 9.17) is 4.74 Å². The normalized spacial score (nSPS) is 11.7. The molecule has 0 radical (unpaired) electrons. The topological polar surface area (TPSA) is 74.8 Å². The highest BCUT2D eigenvalue weighted by Gasteiger charge is 2.26. The smallest absolute Gasteiger partial charge is 0.420 e. The zero-order chi connectivity index (χ0) is 20.6. The third-order valence-corrected chi connectivity index (χ3v) is 4.52. The Kier molecular flexibility index (Phi) is 4.66. The van der Waals surface area contributed by atoms with Gasteiger partial charge in [0.05, 0.1) is 12.7 Å². The average Bonchev–Trinajstić information content (AvgIpc) is 3.22. The van der Waals surface area contributed by atoms with Gasteiger partial charge in [0.2, 0.25) is 0 Å². The molecule has 4 aromatic rings. The molecular weight excluding hydrogens is 366 g/mol. The van der Waals surface area contributed by atoms with Crippen molar-refractivity contribution in [1.29, 1.82) is 0 Å². The molecule has 148 valence electrons. The summed E-state index contributed by atoms with van der Waals surface area (Å²) >= 11 is 0. The summed E-state index contributed by atoms with van der Waals surface area (Å²) in [5.74, 6) is 0. The number of aromatic nitrogens is 5. The van der Waals surface area contributed by atoms with Gasteiger partial charge in [-0.25, -0.2) is 19.0 Å². The Bertz CT molecular complexity index is 1170. The molecule has 1 aromatic carbocycles. The van der Waals surface area contributed by atoms with E-state index in [-0.39, 0.29) is 0 Å². The largest absolute Gasteiger partial charge is 0.443 e. The molecular formula is C22H23N5O2. The first-order valence-electron chi connectivity index (χ1n) is 9.47. The molecule has 29 heavy (non-hydrogen) atoms. The molecule has 0 aliphatic rings. The molecule has 0 atom stereocenters. The summed E-state index contributed by atoms with van der Waals surface area (Å²) in [5, 5.41) is 9.47. The van der Waals surface area contributed by atoms with Gasteiger partial charge in [0.1, 0.15) is 16.9 Å². The fourth-order valence-electron chi connectivity index (χ4n) is 3.35. The molecule has 7 nitrogen and oxygen atoms in total. The van der Waals surface area contributed by atoms with E-state index in [0.29, 0.717) is 17.9 Å². The standard InChI is InChI=1S/C22H23N5O2/c1-15-19(18-14-26(25-24-18)13-16-9-6-5-7-10-16)17-11-8-12-23-20(17)27(15)21(28)29-22(2,3)4/h5-12,14H,13H2,1-4H3. The monoisotopic (exact) mass is 389 g/mol. The maximum atomic E-state index is 12.8. The molecule has 0 aliphatic heterocycles. The molecule has 3 aromatic heterocycles. The number of benzene rings is 1. The predicted octanol–water partition coefficient (Wildman–Crippen LogP) is 4.43. The first kappa shape index (κ1) is 18.9. The van der Waals surface area contributed by atoms with Gasteiger partial charge in [0, 0.05) is 22.8 Å². The van der Waals surface area contributed by atoms with E-state index >= 15 is 0 Å². The minimum absolute atomic E-state index is 0.457. The van der Waals surface area contributed by atoms with Crippen LogP contribution in [0, 0.1) is 6.92 Å². The van der Waals surface area contributed by atoms with Crippen LogP contribution >= 0.6 is 0 Å². The van der Waals surface area contributed by atoms with Crippen molar-refractivity contribution in [2.24, 2.45) is 0 Å². The second kappa shape index (κ2) is 7.16. The number of rotatable bonds is 3. The highest BCUT2D eigenvalue weighted by atomic mass is 16.6. The van der Waals surface area contributed by atoms with Crippen LogP contribution in [0.15, 0.2) is 54.9 Å². The van der Waals surface area contributed by atoms with Crippen LogP contribution in [0.1, 0.15) is 32.0 Å². The van der Waals surface area contributed by atoms with E-state index in [1.54, 1.807) is 10.9 Å². The first-order valence-corrected chi connectivity index (χ1v) is 9.47. The van der Waals surface area contributed by atoms with Gasteiger partial charge in [-0.15, -0.1) is 5.10 Å². The number of nitrogens with zero attached hydrogens (tertiary/aromatic N) is 5. The summed E-state index contributed by atoms with van der Waals surface area (Å²) in [6.45, 7) is 8.02. The first-order chi connectivity index (χ1) is 13.8. The Balaban J connectivity index is 1.77. The van der Waals surface area contributed by atoms with Crippen LogP contribution in [0.4, 0.5) is 4.79 Å². The summed E-state index contributed by atoms with van der Waals surface area (Å²) in [7, 11) is 0. The minimum Gasteiger partial charge on any atom is -0.443 e. The van der Waals surface area contributed by atoms with E-state index in [1.165, 1.54) is 4.57 Å². The highest BCUT2D eigenvalue weighted by Crippen LogP contribution is 2.33. The maximum absolute atomic E-state index is 12.8. The third kappa shape index (κ3) is 3.76. The number of ether oxygens (including phenoxy) is 1. The van der Waals surface area contributed by atoms with Gasteiger partial charge in [-0.2, -0.15) is 0 Å². The molecule has 0 bridgehead atoms. The quantitative estimate of drug-likeness (QED) is 0.518. The summed E-state index contributed by atoms with van der Waals surface area (Å²) in [5.41, 5.74) is 3.33. The molecule has 3 heterocycles. The third-order valence-electron chi connectivity index (χ3n) is 4.52. The van der Waals surface area contributed by atoms with Gasteiger partial charge in [0.15, 0.2) is 0 Å². The van der Waals surface area contributed by atoms with Crippen LogP contribution in [0.5, 0.6) is 0 Å². The molecule has 0 saturated heterocycles. The number of hydrogen-bond acceptors (Lipinski definition) is 5.